The van der Waals surface area contributed by atoms with Crippen LogP contribution in [0, 0.1) is 5.95 Å². The van der Waals surface area contributed by atoms with E-state index in [1.54, 1.807) is 0 Å². The maximum Gasteiger partial charge on any atom is 0.417 e. The summed E-state index contributed by atoms with van der Waals surface area (Å²) in [6.07, 6.45) is -8.89. The summed E-state index contributed by atoms with van der Waals surface area (Å²) >= 11 is 0. The molecule has 0 amide bonds. The quantitative estimate of drug-likeness (QED) is 0.472. The highest BCUT2D eigenvalue weighted by Crippen LogP contribution is 2.38. The number of rotatable bonds is 2. The number of carbonyl (C=O) groups is 1. The average Bonchev–Trinajstić information content (AvgIpc) is 2.25. The lowest BCUT2D eigenvalue weighted by Gasteiger charge is -2.14. The highest BCUT2D eigenvalue weighted by molar-refractivity contribution is 5.89. The second kappa shape index (κ2) is 4.83. The second-order valence-electron chi connectivity index (χ2n) is 3.04. The average molecular weight is 273 g/mol. The normalized spacial score (nSPS) is 11.8. The summed E-state index contributed by atoms with van der Waals surface area (Å²) < 4.78 is 79.3. The molecule has 0 aromatic carbocycles. The number of nitrogens with zero attached hydrogens (tertiary/aromatic N) is 1. The van der Waals surface area contributed by atoms with Crippen LogP contribution in [0.5, 0.6) is 0 Å². The Balaban J connectivity index is 3.62. The molecule has 0 unspecified atom stereocenters. The third-order valence-corrected chi connectivity index (χ3v) is 1.93. The molecule has 0 aliphatic rings. The number of ether oxygens (including phenoxy) is 1. The zero-order valence-electron chi connectivity index (χ0n) is 8.69. The van der Waals surface area contributed by atoms with Crippen molar-refractivity contribution in [2.24, 2.45) is 0 Å². The number of esters is 1. The van der Waals surface area contributed by atoms with Crippen molar-refractivity contribution in [2.75, 3.05) is 7.11 Å². The first kappa shape index (κ1) is 14.3. The molecule has 0 bridgehead atoms. The Morgan fingerprint density at radius 2 is 1.94 bits per heavy atom. The van der Waals surface area contributed by atoms with Crippen LogP contribution in [0.1, 0.15) is 28.0 Å². The molecule has 100 valence electrons. The van der Waals surface area contributed by atoms with Crippen molar-refractivity contribution in [3.8, 4) is 0 Å². The fourth-order valence-electron chi connectivity index (χ4n) is 1.23. The minimum absolute atomic E-state index is 0.200. The number of alkyl halides is 5. The van der Waals surface area contributed by atoms with Crippen LogP contribution < -0.4 is 0 Å². The number of hydrogen-bond acceptors (Lipinski definition) is 3. The van der Waals surface area contributed by atoms with E-state index in [4.69, 9.17) is 0 Å². The molecular formula is C9H5F6NO2. The number of halogens is 6. The lowest BCUT2D eigenvalue weighted by atomic mass is 10.1. The standard InChI is InChI=1S/C9H5F6NO2/c1-18-8(17)6-5(7(11)12)3(9(13,14)15)2-4(10)16-6/h2,7H,1H3. The molecule has 3 nitrogen and oxygen atoms in total. The van der Waals surface area contributed by atoms with Gasteiger partial charge in [0.2, 0.25) is 5.95 Å². The summed E-state index contributed by atoms with van der Waals surface area (Å²) in [5.74, 6) is -3.28. The third kappa shape index (κ3) is 2.71. The van der Waals surface area contributed by atoms with Crippen LogP contribution >= 0.6 is 0 Å². The predicted octanol–water partition coefficient (Wildman–Crippen LogP) is 2.96. The zero-order valence-corrected chi connectivity index (χ0v) is 8.69. The van der Waals surface area contributed by atoms with Crippen molar-refractivity contribution in [3.63, 3.8) is 0 Å². The van der Waals surface area contributed by atoms with Crippen LogP contribution in [0.15, 0.2) is 6.07 Å². The molecule has 0 saturated heterocycles. The van der Waals surface area contributed by atoms with Crippen LogP contribution in [0.2, 0.25) is 0 Å². The molecule has 9 heteroatoms. The molecular weight excluding hydrogens is 268 g/mol. The fourth-order valence-corrected chi connectivity index (χ4v) is 1.23. The minimum atomic E-state index is -5.24. The van der Waals surface area contributed by atoms with Crippen molar-refractivity contribution in [3.05, 3.63) is 28.8 Å². The van der Waals surface area contributed by atoms with E-state index in [-0.39, 0.29) is 6.07 Å². The van der Waals surface area contributed by atoms with Crippen LogP contribution in [-0.2, 0) is 10.9 Å². The number of carbonyl (C=O) groups excluding carboxylic acids is 1. The molecule has 0 aliphatic heterocycles. The summed E-state index contributed by atoms with van der Waals surface area (Å²) in [6, 6.07) is -0.200. The maximum absolute atomic E-state index is 12.8. The molecule has 1 rings (SSSR count). The smallest absolute Gasteiger partial charge is 0.417 e. The Kier molecular flexibility index (Phi) is 3.82. The molecule has 1 aromatic heterocycles. The van der Waals surface area contributed by atoms with Crippen LogP contribution in [0.4, 0.5) is 26.3 Å². The maximum atomic E-state index is 12.8. The Bertz CT molecular complexity index is 471. The Morgan fingerprint density at radius 1 is 1.39 bits per heavy atom. The van der Waals surface area contributed by atoms with Crippen molar-refractivity contribution >= 4 is 5.97 Å². The Hall–Kier alpha value is -1.80. The summed E-state index contributed by atoms with van der Waals surface area (Å²) in [4.78, 5) is 13.7. The van der Waals surface area contributed by atoms with E-state index >= 15 is 0 Å². The van der Waals surface area contributed by atoms with E-state index in [0.717, 1.165) is 7.11 Å². The highest BCUT2D eigenvalue weighted by atomic mass is 19.4. The van der Waals surface area contributed by atoms with Crippen molar-refractivity contribution in [1.29, 1.82) is 0 Å². The lowest BCUT2D eigenvalue weighted by Crippen LogP contribution is -2.18. The van der Waals surface area contributed by atoms with Crippen molar-refractivity contribution in [1.82, 2.24) is 4.98 Å². The molecule has 1 heterocycles. The monoisotopic (exact) mass is 273 g/mol. The molecule has 0 fully saturated rings. The van der Waals surface area contributed by atoms with E-state index in [0.29, 0.717) is 0 Å². The van der Waals surface area contributed by atoms with E-state index in [2.05, 4.69) is 9.72 Å². The summed E-state index contributed by atoms with van der Waals surface area (Å²) in [7, 11) is 0.747. The first-order chi connectivity index (χ1) is 8.18. The number of aromatic nitrogens is 1. The number of pyridine rings is 1. The minimum Gasteiger partial charge on any atom is -0.464 e. The molecule has 0 spiro atoms. The van der Waals surface area contributed by atoms with Gasteiger partial charge in [0, 0.05) is 6.07 Å². The molecule has 0 N–H and O–H groups in total. The molecule has 18 heavy (non-hydrogen) atoms. The topological polar surface area (TPSA) is 39.2 Å². The van der Waals surface area contributed by atoms with E-state index in [9.17, 15) is 31.1 Å². The van der Waals surface area contributed by atoms with Gasteiger partial charge in [-0.15, -0.1) is 0 Å². The summed E-state index contributed by atoms with van der Waals surface area (Å²) in [6.45, 7) is 0. The SMILES string of the molecule is COC(=O)c1nc(F)cc(C(F)(F)F)c1C(F)F. The van der Waals surface area contributed by atoms with E-state index in [1.807, 2.05) is 0 Å². The van der Waals surface area contributed by atoms with Gasteiger partial charge in [-0.1, -0.05) is 0 Å². The van der Waals surface area contributed by atoms with Gasteiger partial charge in [0.15, 0.2) is 5.69 Å². The van der Waals surface area contributed by atoms with Gasteiger partial charge in [0.05, 0.1) is 18.2 Å². The number of methoxy groups -OCH3 is 1. The summed E-state index contributed by atoms with van der Waals surface area (Å²) in [5.41, 5.74) is -5.04. The van der Waals surface area contributed by atoms with Gasteiger partial charge in [0.1, 0.15) is 0 Å². The van der Waals surface area contributed by atoms with Gasteiger partial charge >= 0.3 is 12.1 Å². The van der Waals surface area contributed by atoms with Gasteiger partial charge in [-0.3, -0.25) is 0 Å². The molecule has 0 atom stereocenters. The van der Waals surface area contributed by atoms with Crippen LogP contribution in [0.3, 0.4) is 0 Å². The molecule has 0 aliphatic carbocycles. The van der Waals surface area contributed by atoms with Crippen LogP contribution in [-0.4, -0.2) is 18.1 Å². The lowest BCUT2D eigenvalue weighted by molar-refractivity contribution is -0.139. The summed E-state index contributed by atoms with van der Waals surface area (Å²) in [5, 5.41) is 0. The van der Waals surface area contributed by atoms with E-state index < -0.39 is 41.3 Å². The molecule has 0 saturated carbocycles. The molecule has 1 aromatic rings. The van der Waals surface area contributed by atoms with Gasteiger partial charge < -0.3 is 4.74 Å². The molecule has 0 radical (unpaired) electrons. The van der Waals surface area contributed by atoms with Gasteiger partial charge in [0.25, 0.3) is 6.43 Å². The van der Waals surface area contributed by atoms with Crippen molar-refractivity contribution < 1.29 is 35.9 Å². The predicted molar refractivity (Wildman–Crippen MR) is 45.5 cm³/mol. The third-order valence-electron chi connectivity index (χ3n) is 1.93. The first-order valence-corrected chi connectivity index (χ1v) is 4.32. The van der Waals surface area contributed by atoms with Gasteiger partial charge in [-0.2, -0.15) is 17.6 Å². The Labute approximate surface area is 96.4 Å². The zero-order chi connectivity index (χ0) is 14.1. The second-order valence-corrected chi connectivity index (χ2v) is 3.04. The van der Waals surface area contributed by atoms with Gasteiger partial charge in [-0.05, 0) is 0 Å². The largest absolute Gasteiger partial charge is 0.464 e. The first-order valence-electron chi connectivity index (χ1n) is 4.32. The van der Waals surface area contributed by atoms with Gasteiger partial charge in [-0.25, -0.2) is 18.6 Å². The van der Waals surface area contributed by atoms with Crippen LogP contribution in [0.25, 0.3) is 0 Å². The highest BCUT2D eigenvalue weighted by Gasteiger charge is 2.40. The van der Waals surface area contributed by atoms with E-state index in [1.165, 1.54) is 0 Å². The Morgan fingerprint density at radius 3 is 2.33 bits per heavy atom. The number of hydrogen-bond donors (Lipinski definition) is 0. The fraction of sp³-hybridized carbons (Fsp3) is 0.333. The van der Waals surface area contributed by atoms with Crippen molar-refractivity contribution in [2.45, 2.75) is 12.6 Å².